The largest absolute Gasteiger partial charge is 0.510 e. The van der Waals surface area contributed by atoms with Gasteiger partial charge in [-0.2, -0.15) is 0 Å². The predicted octanol–water partition coefficient (Wildman–Crippen LogP) is 5.68. The van der Waals surface area contributed by atoms with E-state index >= 15 is 0 Å². The van der Waals surface area contributed by atoms with Crippen LogP contribution in [-0.2, 0) is 4.79 Å². The Kier molecular flexibility index (Phi) is 6.84. The number of anilines is 1. The first kappa shape index (κ1) is 22.7. The highest BCUT2D eigenvalue weighted by atomic mass is 16.6. The van der Waals surface area contributed by atoms with Gasteiger partial charge in [0.25, 0.3) is 17.3 Å². The molecular formula is C22H17N5O6. The summed E-state index contributed by atoms with van der Waals surface area (Å²) in [4.78, 5) is 33.6. The Labute approximate surface area is 187 Å². The van der Waals surface area contributed by atoms with E-state index in [4.69, 9.17) is 0 Å². The zero-order valence-electron chi connectivity index (χ0n) is 17.2. The van der Waals surface area contributed by atoms with Crippen molar-refractivity contribution in [1.29, 1.82) is 0 Å². The number of hydrogen-bond acceptors (Lipinski definition) is 8. The van der Waals surface area contributed by atoms with Crippen molar-refractivity contribution in [3.8, 4) is 11.1 Å². The van der Waals surface area contributed by atoms with Crippen molar-refractivity contribution >= 4 is 28.7 Å². The third kappa shape index (κ3) is 5.61. The number of non-ortho nitro benzene ring substituents is 1. The minimum atomic E-state index is -0.851. The molecule has 0 bridgehead atoms. The van der Waals surface area contributed by atoms with Gasteiger partial charge in [-0.3, -0.25) is 25.0 Å². The summed E-state index contributed by atoms with van der Waals surface area (Å²) in [6.07, 6.45) is 0. The average Bonchev–Trinajstić information content (AvgIpc) is 2.80. The summed E-state index contributed by atoms with van der Waals surface area (Å²) in [6, 6.07) is 18.4. The highest BCUT2D eigenvalue weighted by Gasteiger charge is 2.18. The first-order valence-electron chi connectivity index (χ1n) is 9.47. The smallest absolute Gasteiger partial charge is 0.297 e. The number of nitrogens with one attached hydrogen (secondary N) is 1. The van der Waals surface area contributed by atoms with E-state index in [1.165, 1.54) is 43.3 Å². The maximum atomic E-state index is 12.5. The lowest BCUT2D eigenvalue weighted by molar-refractivity contribution is -0.384. The Hall–Kier alpha value is -4.93. The Morgan fingerprint density at radius 3 is 2.15 bits per heavy atom. The minimum absolute atomic E-state index is 0.110. The van der Waals surface area contributed by atoms with E-state index in [-0.39, 0.29) is 22.7 Å². The molecule has 3 aromatic carbocycles. The number of rotatable bonds is 7. The van der Waals surface area contributed by atoms with Gasteiger partial charge in [0.1, 0.15) is 5.76 Å². The van der Waals surface area contributed by atoms with Crippen molar-refractivity contribution in [3.05, 3.63) is 104 Å². The average molecular weight is 447 g/mol. The highest BCUT2D eigenvalue weighted by molar-refractivity contribution is 6.03. The quantitative estimate of drug-likeness (QED) is 0.156. The Morgan fingerprint density at radius 1 is 0.909 bits per heavy atom. The maximum absolute atomic E-state index is 12.5. The molecule has 0 fully saturated rings. The molecule has 0 atom stereocenters. The van der Waals surface area contributed by atoms with Gasteiger partial charge in [0.05, 0.1) is 9.85 Å². The molecule has 0 aliphatic rings. The molecule has 3 rings (SSSR count). The van der Waals surface area contributed by atoms with Crippen LogP contribution in [0.5, 0.6) is 0 Å². The molecule has 0 aliphatic heterocycles. The van der Waals surface area contributed by atoms with Gasteiger partial charge < -0.3 is 10.4 Å². The van der Waals surface area contributed by atoms with Crippen LogP contribution in [0.3, 0.4) is 0 Å². The first-order chi connectivity index (χ1) is 15.8. The number of carbonyl (C=O) groups excluding carboxylic acids is 1. The SMILES string of the molecule is C/C(O)=C(\N=Nc1ccc(-c2ccccc2)cc1[N+](=O)[O-])C(=O)Nc1ccc([N+](=O)[O-])cc1. The maximum Gasteiger partial charge on any atom is 0.297 e. The van der Waals surface area contributed by atoms with Crippen molar-refractivity contribution in [1.82, 2.24) is 0 Å². The normalized spacial score (nSPS) is 11.7. The Balaban J connectivity index is 1.86. The standard InChI is InChI=1S/C22H17N5O6/c1-14(28)21(22(29)23-17-8-10-18(11-9-17)26(30)31)25-24-19-12-7-16(13-20(19)27(32)33)15-5-3-2-4-6-15/h2-13,28H,1H3,(H,23,29)/b21-14+,25-24?. The second kappa shape index (κ2) is 9.92. The molecule has 0 saturated heterocycles. The number of azo groups is 1. The molecular weight excluding hydrogens is 430 g/mol. The number of aliphatic hydroxyl groups excluding tert-OH is 1. The summed E-state index contributed by atoms with van der Waals surface area (Å²) < 4.78 is 0. The van der Waals surface area contributed by atoms with E-state index in [0.29, 0.717) is 5.56 Å². The predicted molar refractivity (Wildman–Crippen MR) is 120 cm³/mol. The second-order valence-corrected chi connectivity index (χ2v) is 6.72. The molecule has 11 heteroatoms. The highest BCUT2D eigenvalue weighted by Crippen LogP contribution is 2.33. The molecule has 0 aliphatic carbocycles. The van der Waals surface area contributed by atoms with E-state index in [1.807, 2.05) is 6.07 Å². The number of nitro groups is 2. The summed E-state index contributed by atoms with van der Waals surface area (Å²) in [5.41, 5.74) is 0.526. The van der Waals surface area contributed by atoms with Gasteiger partial charge >= 0.3 is 0 Å². The number of nitro benzene ring substituents is 2. The summed E-state index contributed by atoms with van der Waals surface area (Å²) in [7, 11) is 0. The van der Waals surface area contributed by atoms with Crippen LogP contribution in [0.15, 0.2) is 94.5 Å². The van der Waals surface area contributed by atoms with Gasteiger partial charge in [-0.1, -0.05) is 36.4 Å². The van der Waals surface area contributed by atoms with Gasteiger partial charge in [-0.25, -0.2) is 0 Å². The summed E-state index contributed by atoms with van der Waals surface area (Å²) in [5.74, 6) is -1.32. The topological polar surface area (TPSA) is 160 Å². The fourth-order valence-corrected chi connectivity index (χ4v) is 2.81. The van der Waals surface area contributed by atoms with Gasteiger partial charge in [0.2, 0.25) is 0 Å². The number of hydrogen-bond donors (Lipinski definition) is 2. The van der Waals surface area contributed by atoms with E-state index < -0.39 is 27.2 Å². The lowest BCUT2D eigenvalue weighted by Gasteiger charge is -2.06. The van der Waals surface area contributed by atoms with E-state index in [2.05, 4.69) is 15.5 Å². The van der Waals surface area contributed by atoms with Gasteiger partial charge in [0, 0.05) is 23.9 Å². The third-order valence-corrected chi connectivity index (χ3v) is 4.43. The lowest BCUT2D eigenvalue weighted by atomic mass is 10.0. The monoisotopic (exact) mass is 447 g/mol. The molecule has 0 saturated carbocycles. The van der Waals surface area contributed by atoms with Gasteiger partial charge in [0.15, 0.2) is 11.4 Å². The van der Waals surface area contributed by atoms with Crippen LogP contribution in [0.25, 0.3) is 11.1 Å². The van der Waals surface area contributed by atoms with Crippen molar-refractivity contribution in [2.24, 2.45) is 10.2 Å². The van der Waals surface area contributed by atoms with Crippen molar-refractivity contribution in [3.63, 3.8) is 0 Å². The number of nitrogens with zero attached hydrogens (tertiary/aromatic N) is 4. The zero-order valence-corrected chi connectivity index (χ0v) is 17.2. The first-order valence-corrected chi connectivity index (χ1v) is 9.47. The second-order valence-electron chi connectivity index (χ2n) is 6.72. The van der Waals surface area contributed by atoms with Crippen LogP contribution in [0, 0.1) is 20.2 Å². The number of benzene rings is 3. The molecule has 3 aromatic rings. The van der Waals surface area contributed by atoms with Crippen LogP contribution >= 0.6 is 0 Å². The molecule has 33 heavy (non-hydrogen) atoms. The zero-order chi connectivity index (χ0) is 24.0. The van der Waals surface area contributed by atoms with Crippen LogP contribution in [0.4, 0.5) is 22.7 Å². The van der Waals surface area contributed by atoms with Crippen LogP contribution in [-0.4, -0.2) is 20.9 Å². The third-order valence-electron chi connectivity index (χ3n) is 4.43. The van der Waals surface area contributed by atoms with Crippen molar-refractivity contribution in [2.45, 2.75) is 6.92 Å². The van der Waals surface area contributed by atoms with E-state index in [0.717, 1.165) is 5.56 Å². The molecule has 0 unspecified atom stereocenters. The number of allylic oxidation sites excluding steroid dienone is 1. The van der Waals surface area contributed by atoms with E-state index in [9.17, 15) is 30.1 Å². The summed E-state index contributed by atoms with van der Waals surface area (Å²) in [5, 5.41) is 42.1. The van der Waals surface area contributed by atoms with Crippen LogP contribution in [0.2, 0.25) is 0 Å². The van der Waals surface area contributed by atoms with Crippen molar-refractivity contribution in [2.75, 3.05) is 5.32 Å². The molecule has 0 spiro atoms. The fraction of sp³-hybridized carbons (Fsp3) is 0.0455. The molecule has 1 amide bonds. The molecule has 0 heterocycles. The minimum Gasteiger partial charge on any atom is -0.510 e. The fourth-order valence-electron chi connectivity index (χ4n) is 2.81. The van der Waals surface area contributed by atoms with Crippen LogP contribution < -0.4 is 5.32 Å². The van der Waals surface area contributed by atoms with Gasteiger partial charge in [-0.05, 0) is 36.2 Å². The summed E-state index contributed by atoms with van der Waals surface area (Å²) in [6.45, 7) is 1.21. The summed E-state index contributed by atoms with van der Waals surface area (Å²) >= 11 is 0. The van der Waals surface area contributed by atoms with E-state index in [1.54, 1.807) is 30.3 Å². The molecule has 166 valence electrons. The van der Waals surface area contributed by atoms with Crippen molar-refractivity contribution < 1.29 is 19.7 Å². The molecule has 2 N–H and O–H groups in total. The number of aliphatic hydroxyl groups is 1. The number of amides is 1. The van der Waals surface area contributed by atoms with Gasteiger partial charge in [-0.15, -0.1) is 10.2 Å². The van der Waals surface area contributed by atoms with Crippen LogP contribution in [0.1, 0.15) is 6.92 Å². The Bertz CT molecular complexity index is 1270. The molecule has 11 nitrogen and oxygen atoms in total. The number of carbonyl (C=O) groups is 1. The molecule has 0 radical (unpaired) electrons. The Morgan fingerprint density at radius 2 is 1.58 bits per heavy atom. The lowest BCUT2D eigenvalue weighted by Crippen LogP contribution is -2.14. The molecule has 0 aromatic heterocycles.